The molecule has 1 unspecified atom stereocenters. The lowest BCUT2D eigenvalue weighted by atomic mass is 10.1. The van der Waals surface area contributed by atoms with E-state index in [1.165, 1.54) is 4.68 Å². The zero-order chi connectivity index (χ0) is 13.1. The van der Waals surface area contributed by atoms with Gasteiger partial charge >= 0.3 is 0 Å². The van der Waals surface area contributed by atoms with Crippen LogP contribution in [0, 0.1) is 0 Å². The van der Waals surface area contributed by atoms with Crippen LogP contribution >= 0.6 is 15.9 Å². The predicted octanol–water partition coefficient (Wildman–Crippen LogP) is 1.12. The van der Waals surface area contributed by atoms with Crippen molar-refractivity contribution in [1.82, 2.24) is 9.78 Å². The van der Waals surface area contributed by atoms with Crippen molar-refractivity contribution in [2.45, 2.75) is 25.4 Å². The summed E-state index contributed by atoms with van der Waals surface area (Å²) in [6.45, 7) is 5.71. The van der Waals surface area contributed by atoms with Gasteiger partial charge in [0.2, 0.25) is 0 Å². The Kier molecular flexibility index (Phi) is 4.19. The van der Waals surface area contributed by atoms with E-state index in [2.05, 4.69) is 32.5 Å². The highest BCUT2D eigenvalue weighted by molar-refractivity contribution is 9.10. The Labute approximate surface area is 114 Å². The standard InChI is InChI=1S/C12H17BrN4O/c1-2-5-17-12(18)11(13)10(7-15-17)16-6-3-4-9(14)8-16/h2,7,9H,1,3-6,8,14H2. The number of allylic oxidation sites excluding steroid dienone is 1. The Morgan fingerprint density at radius 3 is 3.11 bits per heavy atom. The van der Waals surface area contributed by atoms with Crippen LogP contribution in [0.2, 0.25) is 0 Å². The molecule has 6 heteroatoms. The summed E-state index contributed by atoms with van der Waals surface area (Å²) >= 11 is 3.37. The van der Waals surface area contributed by atoms with Crippen LogP contribution in [0.3, 0.4) is 0 Å². The van der Waals surface area contributed by atoms with Gasteiger partial charge in [0.1, 0.15) is 4.47 Å². The fourth-order valence-corrected chi connectivity index (χ4v) is 2.72. The van der Waals surface area contributed by atoms with Gasteiger partial charge in [0.15, 0.2) is 0 Å². The number of hydrogen-bond donors (Lipinski definition) is 1. The average molecular weight is 313 g/mol. The van der Waals surface area contributed by atoms with Crippen LogP contribution in [0.5, 0.6) is 0 Å². The van der Waals surface area contributed by atoms with Crippen LogP contribution in [-0.2, 0) is 6.54 Å². The second-order valence-electron chi connectivity index (χ2n) is 4.47. The van der Waals surface area contributed by atoms with E-state index in [0.717, 1.165) is 31.6 Å². The van der Waals surface area contributed by atoms with Crippen LogP contribution in [-0.4, -0.2) is 28.9 Å². The molecule has 1 fully saturated rings. The summed E-state index contributed by atoms with van der Waals surface area (Å²) in [6.07, 6.45) is 5.45. The minimum atomic E-state index is -0.133. The molecule has 18 heavy (non-hydrogen) atoms. The van der Waals surface area contributed by atoms with Crippen molar-refractivity contribution in [2.24, 2.45) is 5.73 Å². The molecule has 1 atom stereocenters. The van der Waals surface area contributed by atoms with Gasteiger partial charge in [0.05, 0.1) is 18.4 Å². The number of aromatic nitrogens is 2. The maximum absolute atomic E-state index is 12.1. The summed E-state index contributed by atoms with van der Waals surface area (Å²) in [5.74, 6) is 0. The largest absolute Gasteiger partial charge is 0.368 e. The molecule has 0 aliphatic carbocycles. The maximum atomic E-state index is 12.1. The number of rotatable bonds is 3. The van der Waals surface area contributed by atoms with E-state index in [0.29, 0.717) is 11.0 Å². The SMILES string of the molecule is C=CCn1ncc(N2CCCC(N)C2)c(Br)c1=O. The molecule has 1 aromatic heterocycles. The number of anilines is 1. The Bertz CT molecular complexity index is 499. The molecule has 0 aromatic carbocycles. The topological polar surface area (TPSA) is 64.2 Å². The van der Waals surface area contributed by atoms with Crippen LogP contribution in [0.4, 0.5) is 5.69 Å². The molecule has 2 heterocycles. The van der Waals surface area contributed by atoms with Gasteiger partial charge in [0.25, 0.3) is 5.56 Å². The summed E-state index contributed by atoms with van der Waals surface area (Å²) in [5.41, 5.74) is 6.65. The van der Waals surface area contributed by atoms with E-state index in [1.807, 2.05) is 0 Å². The second kappa shape index (κ2) is 5.67. The Balaban J connectivity index is 2.31. The molecular formula is C12H17BrN4O. The molecule has 0 amide bonds. The van der Waals surface area contributed by atoms with Crippen molar-refractivity contribution < 1.29 is 0 Å². The highest BCUT2D eigenvalue weighted by Crippen LogP contribution is 2.24. The van der Waals surface area contributed by atoms with E-state index < -0.39 is 0 Å². The van der Waals surface area contributed by atoms with Crippen molar-refractivity contribution in [3.63, 3.8) is 0 Å². The normalized spacial score (nSPS) is 19.9. The minimum Gasteiger partial charge on any atom is -0.368 e. The first-order valence-corrected chi connectivity index (χ1v) is 6.80. The predicted molar refractivity (Wildman–Crippen MR) is 75.8 cm³/mol. The molecule has 1 aliphatic rings. The first kappa shape index (κ1) is 13.3. The van der Waals surface area contributed by atoms with Crippen LogP contribution in [0.1, 0.15) is 12.8 Å². The number of nitrogens with zero attached hydrogens (tertiary/aromatic N) is 3. The first-order chi connectivity index (χ1) is 8.63. The van der Waals surface area contributed by atoms with Gasteiger partial charge in [-0.1, -0.05) is 6.08 Å². The summed E-state index contributed by atoms with van der Waals surface area (Å²) in [4.78, 5) is 14.2. The molecule has 2 rings (SSSR count). The van der Waals surface area contributed by atoms with E-state index in [4.69, 9.17) is 5.73 Å². The molecule has 2 N–H and O–H groups in total. The van der Waals surface area contributed by atoms with Gasteiger partial charge in [-0.2, -0.15) is 5.10 Å². The first-order valence-electron chi connectivity index (χ1n) is 6.00. The van der Waals surface area contributed by atoms with E-state index in [9.17, 15) is 4.79 Å². The lowest BCUT2D eigenvalue weighted by Crippen LogP contribution is -2.43. The average Bonchev–Trinajstić information content (AvgIpc) is 2.35. The highest BCUT2D eigenvalue weighted by atomic mass is 79.9. The number of halogens is 1. The van der Waals surface area contributed by atoms with Crippen LogP contribution in [0.15, 0.2) is 28.1 Å². The molecule has 5 nitrogen and oxygen atoms in total. The number of piperidine rings is 1. The third-order valence-electron chi connectivity index (χ3n) is 3.07. The summed E-state index contributed by atoms with van der Waals surface area (Å²) in [5, 5.41) is 4.15. The molecule has 1 aromatic rings. The van der Waals surface area contributed by atoms with E-state index in [1.54, 1.807) is 12.3 Å². The molecular weight excluding hydrogens is 296 g/mol. The smallest absolute Gasteiger partial charge is 0.283 e. The molecule has 0 saturated carbocycles. The van der Waals surface area contributed by atoms with Gasteiger partial charge in [-0.3, -0.25) is 4.79 Å². The van der Waals surface area contributed by atoms with Crippen molar-refractivity contribution >= 4 is 21.6 Å². The quantitative estimate of drug-likeness (QED) is 0.850. The Hall–Kier alpha value is -1.14. The Morgan fingerprint density at radius 2 is 2.44 bits per heavy atom. The molecule has 1 aliphatic heterocycles. The summed E-state index contributed by atoms with van der Waals surface area (Å²) in [6, 6.07) is 0.168. The lowest BCUT2D eigenvalue weighted by molar-refractivity contribution is 0.503. The molecule has 0 bridgehead atoms. The third-order valence-corrected chi connectivity index (χ3v) is 3.81. The number of nitrogens with two attached hydrogens (primary N) is 1. The monoisotopic (exact) mass is 312 g/mol. The van der Waals surface area contributed by atoms with Gasteiger partial charge in [-0.25, -0.2) is 4.68 Å². The zero-order valence-corrected chi connectivity index (χ0v) is 11.8. The molecule has 0 radical (unpaired) electrons. The maximum Gasteiger partial charge on any atom is 0.283 e. The van der Waals surface area contributed by atoms with Crippen LogP contribution in [0.25, 0.3) is 0 Å². The Morgan fingerprint density at radius 1 is 1.67 bits per heavy atom. The van der Waals surface area contributed by atoms with Crippen molar-refractivity contribution in [3.8, 4) is 0 Å². The fourth-order valence-electron chi connectivity index (χ4n) is 2.16. The molecule has 0 spiro atoms. The lowest BCUT2D eigenvalue weighted by Gasteiger charge is -2.32. The van der Waals surface area contributed by atoms with Crippen molar-refractivity contribution in [1.29, 1.82) is 0 Å². The van der Waals surface area contributed by atoms with Gasteiger partial charge in [0, 0.05) is 19.1 Å². The molecule has 98 valence electrons. The van der Waals surface area contributed by atoms with Crippen molar-refractivity contribution in [2.75, 3.05) is 18.0 Å². The molecule has 1 saturated heterocycles. The van der Waals surface area contributed by atoms with Gasteiger partial charge in [-0.15, -0.1) is 6.58 Å². The van der Waals surface area contributed by atoms with Gasteiger partial charge < -0.3 is 10.6 Å². The fraction of sp³-hybridized carbons (Fsp3) is 0.500. The van der Waals surface area contributed by atoms with Crippen LogP contribution < -0.4 is 16.2 Å². The summed E-state index contributed by atoms with van der Waals surface area (Å²) in [7, 11) is 0. The summed E-state index contributed by atoms with van der Waals surface area (Å²) < 4.78 is 1.93. The third kappa shape index (κ3) is 2.64. The van der Waals surface area contributed by atoms with Crippen molar-refractivity contribution in [3.05, 3.63) is 33.7 Å². The van der Waals surface area contributed by atoms with E-state index in [-0.39, 0.29) is 11.6 Å². The minimum absolute atomic E-state index is 0.133. The zero-order valence-electron chi connectivity index (χ0n) is 10.2. The highest BCUT2D eigenvalue weighted by Gasteiger charge is 2.20. The van der Waals surface area contributed by atoms with E-state index >= 15 is 0 Å². The van der Waals surface area contributed by atoms with Gasteiger partial charge in [-0.05, 0) is 28.8 Å². The number of hydrogen-bond acceptors (Lipinski definition) is 4. The second-order valence-corrected chi connectivity index (χ2v) is 5.26.